The quantitative estimate of drug-likeness (QED) is 0.164. The van der Waals surface area contributed by atoms with Crippen LogP contribution in [0.25, 0.3) is 0 Å². The second kappa shape index (κ2) is 18.7. The lowest BCUT2D eigenvalue weighted by Crippen LogP contribution is -2.12. The Kier molecular flexibility index (Phi) is 13.8. The van der Waals surface area contributed by atoms with Crippen LogP contribution in [0.5, 0.6) is 46.0 Å². The Morgan fingerprint density at radius 1 is 0.250 bits per heavy atom. The molecule has 0 aliphatic carbocycles. The molecular formula is C48H56O8. The van der Waals surface area contributed by atoms with E-state index >= 15 is 0 Å². The van der Waals surface area contributed by atoms with Crippen molar-refractivity contribution in [3.63, 3.8) is 0 Å². The van der Waals surface area contributed by atoms with Gasteiger partial charge in [-0.2, -0.15) is 0 Å². The van der Waals surface area contributed by atoms with Crippen LogP contribution in [0.2, 0.25) is 0 Å². The van der Waals surface area contributed by atoms with Crippen LogP contribution in [-0.2, 0) is 0 Å². The molecule has 0 unspecified atom stereocenters. The second-order valence-electron chi connectivity index (χ2n) is 14.6. The van der Waals surface area contributed by atoms with E-state index in [0.29, 0.717) is 52.9 Å². The zero-order valence-corrected chi connectivity index (χ0v) is 34.4. The summed E-state index contributed by atoms with van der Waals surface area (Å²) in [6.45, 7) is 35.4. The molecule has 8 nitrogen and oxygen atoms in total. The molecule has 0 amide bonds. The van der Waals surface area contributed by atoms with Gasteiger partial charge in [-0.25, -0.2) is 0 Å². The molecule has 0 atom stereocenters. The summed E-state index contributed by atoms with van der Waals surface area (Å²) in [7, 11) is 0. The number of rotatable bonds is 0. The van der Waals surface area contributed by atoms with Gasteiger partial charge in [0.25, 0.3) is 0 Å². The fraction of sp³-hybridized carbons (Fsp3) is 0.333. The van der Waals surface area contributed by atoms with Gasteiger partial charge in [0.15, 0.2) is 0 Å². The van der Waals surface area contributed by atoms with Gasteiger partial charge in [0, 0.05) is 0 Å². The topological polar surface area (TPSA) is 73.8 Å². The SMILES string of the molecule is C=C1COc2ccc(c(C)c2C)OCC(=C)COc2ccc(c(C)c2C)OCC(=C)COc2ccc(c(C)c2C)OCC(=C)COc2ccc(c(C)c2C)OC1. The molecule has 8 bridgehead atoms. The molecule has 0 saturated carbocycles. The maximum atomic E-state index is 6.16. The zero-order chi connectivity index (χ0) is 40.5. The Hall–Kier alpha value is -5.76. The zero-order valence-electron chi connectivity index (χ0n) is 34.4. The molecule has 7 aliphatic rings. The minimum atomic E-state index is 0.316. The van der Waals surface area contributed by atoms with E-state index in [1.54, 1.807) is 0 Å². The molecule has 7 aliphatic heterocycles. The van der Waals surface area contributed by atoms with Crippen LogP contribution in [0.15, 0.2) is 97.1 Å². The van der Waals surface area contributed by atoms with E-state index in [9.17, 15) is 0 Å². The molecule has 4 aromatic rings. The van der Waals surface area contributed by atoms with Crippen molar-refractivity contribution >= 4 is 0 Å². The predicted molar refractivity (Wildman–Crippen MR) is 224 cm³/mol. The van der Waals surface area contributed by atoms with Crippen molar-refractivity contribution in [1.29, 1.82) is 0 Å². The summed E-state index contributed by atoms with van der Waals surface area (Å²) in [6.07, 6.45) is 0. The van der Waals surface area contributed by atoms with E-state index in [0.717, 1.165) is 113 Å². The third-order valence-electron chi connectivity index (χ3n) is 10.2. The van der Waals surface area contributed by atoms with Gasteiger partial charge in [-0.1, -0.05) is 26.3 Å². The Balaban J connectivity index is 1.29. The van der Waals surface area contributed by atoms with E-state index in [-0.39, 0.29) is 0 Å². The largest absolute Gasteiger partial charge is 0.489 e. The molecule has 11 rings (SSSR count). The van der Waals surface area contributed by atoms with Crippen LogP contribution >= 0.6 is 0 Å². The van der Waals surface area contributed by atoms with Gasteiger partial charge in [0.1, 0.15) is 98.9 Å². The Morgan fingerprint density at radius 2 is 0.357 bits per heavy atom. The molecule has 4 aromatic carbocycles. The number of hydrogen-bond acceptors (Lipinski definition) is 8. The summed E-state index contributed by atoms with van der Waals surface area (Å²) in [4.78, 5) is 0. The predicted octanol–water partition coefficient (Wildman–Crippen LogP) is 10.5. The van der Waals surface area contributed by atoms with Crippen molar-refractivity contribution in [1.82, 2.24) is 0 Å². The van der Waals surface area contributed by atoms with Crippen molar-refractivity contribution in [2.75, 3.05) is 52.9 Å². The summed E-state index contributed by atoms with van der Waals surface area (Å²) in [5.74, 6) is 6.12. The van der Waals surface area contributed by atoms with E-state index in [1.807, 2.05) is 104 Å². The van der Waals surface area contributed by atoms with Crippen molar-refractivity contribution in [2.45, 2.75) is 55.4 Å². The first-order valence-electron chi connectivity index (χ1n) is 18.8. The van der Waals surface area contributed by atoms with Crippen molar-refractivity contribution in [3.8, 4) is 46.0 Å². The number of benzene rings is 4. The average Bonchev–Trinajstić information content (AvgIpc) is 3.18. The van der Waals surface area contributed by atoms with Gasteiger partial charge in [-0.05, 0) is 171 Å². The number of ether oxygens (including phenoxy) is 8. The Bertz CT molecular complexity index is 1680. The minimum Gasteiger partial charge on any atom is -0.489 e. The van der Waals surface area contributed by atoms with Gasteiger partial charge in [0.05, 0.1) is 0 Å². The first-order chi connectivity index (χ1) is 26.7. The Labute approximate surface area is 333 Å². The second-order valence-corrected chi connectivity index (χ2v) is 14.6. The fourth-order valence-corrected chi connectivity index (χ4v) is 5.94. The van der Waals surface area contributed by atoms with Crippen LogP contribution in [0.1, 0.15) is 44.5 Å². The van der Waals surface area contributed by atoms with Gasteiger partial charge >= 0.3 is 0 Å². The normalized spacial score (nSPS) is 15.1. The molecule has 0 fully saturated rings. The molecule has 0 radical (unpaired) electrons. The van der Waals surface area contributed by atoms with Gasteiger partial charge in [-0.3, -0.25) is 0 Å². The molecule has 0 aromatic heterocycles. The maximum Gasteiger partial charge on any atom is 0.123 e. The van der Waals surface area contributed by atoms with Gasteiger partial charge in [0.2, 0.25) is 0 Å². The van der Waals surface area contributed by atoms with E-state index < -0.39 is 0 Å². The van der Waals surface area contributed by atoms with E-state index in [2.05, 4.69) is 26.3 Å². The average molecular weight is 761 g/mol. The summed E-state index contributed by atoms with van der Waals surface area (Å²) in [6, 6.07) is 15.4. The fourth-order valence-electron chi connectivity index (χ4n) is 5.94. The molecule has 0 N–H and O–H groups in total. The molecule has 8 heteroatoms. The van der Waals surface area contributed by atoms with Crippen molar-refractivity contribution in [3.05, 3.63) is 142 Å². The van der Waals surface area contributed by atoms with Crippen LogP contribution < -0.4 is 37.9 Å². The summed E-state index contributed by atoms with van der Waals surface area (Å²) >= 11 is 0. The summed E-state index contributed by atoms with van der Waals surface area (Å²) < 4.78 is 49.3. The van der Waals surface area contributed by atoms with Crippen LogP contribution in [-0.4, -0.2) is 52.9 Å². The van der Waals surface area contributed by atoms with Crippen LogP contribution in [0.3, 0.4) is 0 Å². The lowest BCUT2D eigenvalue weighted by atomic mass is 10.1. The highest BCUT2D eigenvalue weighted by atomic mass is 16.5. The van der Waals surface area contributed by atoms with Crippen LogP contribution in [0.4, 0.5) is 0 Å². The van der Waals surface area contributed by atoms with Crippen LogP contribution in [0, 0.1) is 55.4 Å². The maximum absolute atomic E-state index is 6.16. The summed E-state index contributed by atoms with van der Waals surface area (Å²) in [5, 5.41) is 0. The monoisotopic (exact) mass is 760 g/mol. The molecule has 56 heavy (non-hydrogen) atoms. The Morgan fingerprint density at radius 3 is 0.464 bits per heavy atom. The molecule has 0 saturated heterocycles. The molecule has 7 heterocycles. The van der Waals surface area contributed by atoms with Crippen molar-refractivity contribution in [2.24, 2.45) is 0 Å². The number of hydrogen-bond donors (Lipinski definition) is 0. The van der Waals surface area contributed by atoms with Gasteiger partial charge in [-0.15, -0.1) is 0 Å². The lowest BCUT2D eigenvalue weighted by Gasteiger charge is -2.19. The first kappa shape index (κ1) is 41.4. The molecular weight excluding hydrogens is 705 g/mol. The highest BCUT2D eigenvalue weighted by Crippen LogP contribution is 2.34. The highest BCUT2D eigenvalue weighted by Gasteiger charge is 2.15. The first-order valence-corrected chi connectivity index (χ1v) is 18.8. The minimum absolute atomic E-state index is 0.316. The van der Waals surface area contributed by atoms with E-state index in [4.69, 9.17) is 37.9 Å². The summed E-state index contributed by atoms with van der Waals surface area (Å²) in [5.41, 5.74) is 11.2. The smallest absolute Gasteiger partial charge is 0.123 e. The van der Waals surface area contributed by atoms with Gasteiger partial charge < -0.3 is 37.9 Å². The molecule has 0 spiro atoms. The van der Waals surface area contributed by atoms with Crippen molar-refractivity contribution < 1.29 is 37.9 Å². The molecule has 296 valence electrons. The van der Waals surface area contributed by atoms with E-state index in [1.165, 1.54) is 0 Å². The standard InChI is InChI=1S/C48H56O8/c1-29-21-49-41-13-15-43(35(7)33(41)5)51-23-30(2)25-53-45-17-19-47(39(11)37(45)9)55-27-32(4)28-56-48-20-18-46(38(10)40(48)12)54-26-31(3)24-52-44-16-14-42(50-22-29)34(6)36(44)8/h13-20H,1-4,21-28H2,5-12H3. The lowest BCUT2D eigenvalue weighted by molar-refractivity contribution is 0.289. The highest BCUT2D eigenvalue weighted by molar-refractivity contribution is 5.50. The third-order valence-corrected chi connectivity index (χ3v) is 10.2. The third kappa shape index (κ3) is 10.3.